The molecule has 1 aromatic heterocycles. The van der Waals surface area contributed by atoms with Gasteiger partial charge >= 0.3 is 0 Å². The fourth-order valence-corrected chi connectivity index (χ4v) is 8.00. The molecule has 0 spiro atoms. The van der Waals surface area contributed by atoms with Gasteiger partial charge in [0, 0.05) is 23.3 Å². The number of hydrogen-bond acceptors (Lipinski definition) is 7. The molecule has 0 aromatic carbocycles. The summed E-state index contributed by atoms with van der Waals surface area (Å²) < 4.78 is 0. The van der Waals surface area contributed by atoms with Gasteiger partial charge < -0.3 is 20.6 Å². The molecule has 1 aromatic rings. The third-order valence-corrected chi connectivity index (χ3v) is 9.69. The van der Waals surface area contributed by atoms with Gasteiger partial charge in [0.2, 0.25) is 0 Å². The molecular formula is C25H38N2O4S. The van der Waals surface area contributed by atoms with Gasteiger partial charge in [-0.15, -0.1) is 11.3 Å². The number of rotatable bonds is 7. The Morgan fingerprint density at radius 3 is 2.69 bits per heavy atom. The standard InChI is InChI=1S/C25H38N2O4S/c1-6-7-10-26-24-27-19-15(5)18(12(2)11-17(19)32-24)20(28)23(31)25-13(3)8-9-16(22(25)30)14(4)21(25)29/h12-13,15-16,18,20,22-23,28,30-31H,4,6-11H2,1-3,5H3,(H,26,27). The molecule has 0 amide bonds. The highest BCUT2D eigenvalue weighted by Crippen LogP contribution is 2.58. The lowest BCUT2D eigenvalue weighted by molar-refractivity contribution is -0.178. The number of aliphatic hydroxyl groups is 3. The normalized spacial score (nSPS) is 38.5. The zero-order valence-electron chi connectivity index (χ0n) is 19.7. The van der Waals surface area contributed by atoms with Crippen LogP contribution in [0.4, 0.5) is 5.13 Å². The third-order valence-electron chi connectivity index (χ3n) is 8.64. The van der Waals surface area contributed by atoms with Crippen LogP contribution in [0, 0.1) is 29.1 Å². The Morgan fingerprint density at radius 1 is 1.28 bits per heavy atom. The van der Waals surface area contributed by atoms with Crippen LogP contribution < -0.4 is 5.32 Å². The van der Waals surface area contributed by atoms with Gasteiger partial charge in [0.25, 0.3) is 0 Å². The fourth-order valence-electron chi connectivity index (χ4n) is 6.76. The Morgan fingerprint density at radius 2 is 2.00 bits per heavy atom. The van der Waals surface area contributed by atoms with E-state index in [9.17, 15) is 20.1 Å². The molecule has 0 aliphatic heterocycles. The second-order valence-electron chi connectivity index (χ2n) is 10.4. The van der Waals surface area contributed by atoms with Gasteiger partial charge in [-0.05, 0) is 49.0 Å². The first-order valence-corrected chi connectivity index (χ1v) is 13.0. The predicted molar refractivity (Wildman–Crippen MR) is 127 cm³/mol. The molecule has 3 aliphatic carbocycles. The Hall–Kier alpha value is -1.28. The van der Waals surface area contributed by atoms with Gasteiger partial charge in [0.05, 0.1) is 29.4 Å². The molecule has 1 heterocycles. The van der Waals surface area contributed by atoms with Gasteiger partial charge in [-0.3, -0.25) is 4.79 Å². The highest BCUT2D eigenvalue weighted by Gasteiger charge is 2.67. The van der Waals surface area contributed by atoms with Gasteiger partial charge in [-0.1, -0.05) is 40.7 Å². The summed E-state index contributed by atoms with van der Waals surface area (Å²) in [5.74, 6) is -0.987. The molecule has 2 bridgehead atoms. The number of aliphatic hydroxyl groups excluding tert-OH is 3. The van der Waals surface area contributed by atoms with Crippen molar-refractivity contribution in [3.05, 3.63) is 22.7 Å². The lowest BCUT2D eigenvalue weighted by Crippen LogP contribution is -2.60. The van der Waals surface area contributed by atoms with Crippen molar-refractivity contribution in [3.63, 3.8) is 0 Å². The Bertz CT molecular complexity index is 885. The highest BCUT2D eigenvalue weighted by atomic mass is 32.1. The van der Waals surface area contributed by atoms with Crippen LogP contribution in [0.2, 0.25) is 0 Å². The van der Waals surface area contributed by atoms with Crippen LogP contribution in [-0.2, 0) is 11.2 Å². The summed E-state index contributed by atoms with van der Waals surface area (Å²) in [5, 5.41) is 38.5. The minimum Gasteiger partial charge on any atom is -0.391 e. The average molecular weight is 463 g/mol. The number of carbonyl (C=O) groups excluding carboxylic acids is 1. The number of thiazole rings is 1. The highest BCUT2D eigenvalue weighted by molar-refractivity contribution is 7.15. The maximum Gasteiger partial charge on any atom is 0.183 e. The Kier molecular flexibility index (Phi) is 6.58. The van der Waals surface area contributed by atoms with Gasteiger partial charge in [-0.25, -0.2) is 4.98 Å². The van der Waals surface area contributed by atoms with Crippen molar-refractivity contribution in [1.82, 2.24) is 4.98 Å². The van der Waals surface area contributed by atoms with Crippen molar-refractivity contribution >= 4 is 22.3 Å². The summed E-state index contributed by atoms with van der Waals surface area (Å²) in [6.07, 6.45) is 0.974. The molecule has 9 atom stereocenters. The third kappa shape index (κ3) is 3.39. The molecule has 0 saturated heterocycles. The molecule has 4 rings (SSSR count). The van der Waals surface area contributed by atoms with E-state index in [1.54, 1.807) is 11.3 Å². The zero-order chi connectivity index (χ0) is 23.4. The average Bonchev–Trinajstić information content (AvgIpc) is 3.20. The van der Waals surface area contributed by atoms with Crippen molar-refractivity contribution in [2.75, 3.05) is 11.9 Å². The topological polar surface area (TPSA) is 103 Å². The molecule has 4 N–H and O–H groups in total. The number of aromatic nitrogens is 1. The summed E-state index contributed by atoms with van der Waals surface area (Å²) in [6, 6.07) is 0. The number of nitrogens with one attached hydrogen (secondary N) is 1. The van der Waals surface area contributed by atoms with E-state index in [1.165, 1.54) is 4.88 Å². The van der Waals surface area contributed by atoms with E-state index < -0.39 is 23.7 Å². The van der Waals surface area contributed by atoms with Crippen LogP contribution in [0.15, 0.2) is 12.2 Å². The van der Waals surface area contributed by atoms with E-state index >= 15 is 0 Å². The summed E-state index contributed by atoms with van der Waals surface area (Å²) in [5.41, 5.74) is 0.0224. The van der Waals surface area contributed by atoms with E-state index in [0.717, 1.165) is 43.1 Å². The number of Topliss-reactive ketones (excluding diaryl/α,β-unsaturated/α-hetero) is 1. The van der Waals surface area contributed by atoms with Crippen molar-refractivity contribution in [2.45, 2.75) is 84.0 Å². The molecule has 178 valence electrons. The molecule has 32 heavy (non-hydrogen) atoms. The second kappa shape index (κ2) is 8.82. The van der Waals surface area contributed by atoms with E-state index in [0.29, 0.717) is 12.0 Å². The predicted octanol–water partition coefficient (Wildman–Crippen LogP) is 3.52. The summed E-state index contributed by atoms with van der Waals surface area (Å²) in [6.45, 7) is 13.1. The number of carbonyl (C=O) groups is 1. The summed E-state index contributed by atoms with van der Waals surface area (Å²) in [7, 11) is 0. The molecule has 0 radical (unpaired) electrons. The van der Waals surface area contributed by atoms with Crippen molar-refractivity contribution in [1.29, 1.82) is 0 Å². The van der Waals surface area contributed by atoms with E-state index in [1.807, 2.05) is 6.92 Å². The van der Waals surface area contributed by atoms with Gasteiger partial charge in [0.15, 0.2) is 10.9 Å². The Balaban J connectivity index is 1.61. The van der Waals surface area contributed by atoms with Crippen LogP contribution in [0.25, 0.3) is 0 Å². The SMILES string of the molecule is C=C1C(=O)C2(C(O)C(O)C3C(C)Cc4sc(NCCCC)nc4C3C)C(C)CCC1C2O. The van der Waals surface area contributed by atoms with E-state index in [4.69, 9.17) is 4.98 Å². The number of hydrogen-bond donors (Lipinski definition) is 4. The molecular weight excluding hydrogens is 424 g/mol. The zero-order valence-corrected chi connectivity index (χ0v) is 20.5. The largest absolute Gasteiger partial charge is 0.391 e. The molecule has 2 fully saturated rings. The molecule has 3 aliphatic rings. The number of nitrogens with zero attached hydrogens (tertiary/aromatic N) is 1. The van der Waals surface area contributed by atoms with Crippen LogP contribution in [0.3, 0.4) is 0 Å². The fraction of sp³-hybridized carbons (Fsp3) is 0.760. The smallest absolute Gasteiger partial charge is 0.183 e. The monoisotopic (exact) mass is 462 g/mol. The van der Waals surface area contributed by atoms with Crippen LogP contribution >= 0.6 is 11.3 Å². The molecule has 6 nitrogen and oxygen atoms in total. The van der Waals surface area contributed by atoms with Crippen LogP contribution in [-0.4, -0.2) is 50.9 Å². The first-order chi connectivity index (χ1) is 15.2. The first kappa shape index (κ1) is 23.9. The molecule has 7 heteroatoms. The number of unbranched alkanes of at least 4 members (excludes halogenated alkanes) is 1. The van der Waals surface area contributed by atoms with E-state index in [2.05, 4.69) is 32.7 Å². The van der Waals surface area contributed by atoms with Crippen LogP contribution in [0.1, 0.15) is 69.9 Å². The van der Waals surface area contributed by atoms with Crippen molar-refractivity contribution in [2.24, 2.45) is 29.1 Å². The lowest BCUT2D eigenvalue weighted by Gasteiger charge is -2.48. The minimum absolute atomic E-state index is 0.0562. The maximum absolute atomic E-state index is 13.3. The number of fused-ring (bicyclic) bond motifs is 3. The molecule has 9 unspecified atom stereocenters. The van der Waals surface area contributed by atoms with Crippen LogP contribution in [0.5, 0.6) is 0 Å². The summed E-state index contributed by atoms with van der Waals surface area (Å²) >= 11 is 1.68. The lowest BCUT2D eigenvalue weighted by atomic mass is 9.59. The second-order valence-corrected chi connectivity index (χ2v) is 11.5. The Labute approximate surface area is 195 Å². The van der Waals surface area contributed by atoms with Gasteiger partial charge in [-0.2, -0.15) is 0 Å². The van der Waals surface area contributed by atoms with Crippen molar-refractivity contribution < 1.29 is 20.1 Å². The summed E-state index contributed by atoms with van der Waals surface area (Å²) in [4.78, 5) is 19.4. The number of ketones is 1. The minimum atomic E-state index is -1.37. The maximum atomic E-state index is 13.3. The molecule has 2 saturated carbocycles. The van der Waals surface area contributed by atoms with E-state index in [-0.39, 0.29) is 35.4 Å². The van der Waals surface area contributed by atoms with Gasteiger partial charge in [0.1, 0.15) is 0 Å². The first-order valence-electron chi connectivity index (χ1n) is 12.2. The quantitative estimate of drug-likeness (QED) is 0.365. The van der Waals surface area contributed by atoms with Crippen molar-refractivity contribution in [3.8, 4) is 0 Å². The number of anilines is 1.